The van der Waals surface area contributed by atoms with Crippen molar-refractivity contribution >= 4 is 22.5 Å². The summed E-state index contributed by atoms with van der Waals surface area (Å²) in [7, 11) is 0. The van der Waals surface area contributed by atoms with Crippen molar-refractivity contribution in [2.45, 2.75) is 0 Å². The lowest BCUT2D eigenvalue weighted by Gasteiger charge is -2.09. The number of nitriles is 1. The van der Waals surface area contributed by atoms with Crippen molar-refractivity contribution in [1.82, 2.24) is 9.97 Å². The van der Waals surface area contributed by atoms with E-state index in [4.69, 9.17) is 21.6 Å². The zero-order chi connectivity index (χ0) is 14.8. The largest absolute Gasteiger partial charge is 0.437 e. The molecule has 0 saturated carbocycles. The van der Waals surface area contributed by atoms with Crippen LogP contribution in [0.3, 0.4) is 0 Å². The Morgan fingerprint density at radius 1 is 1.10 bits per heavy atom. The van der Waals surface area contributed by atoms with E-state index < -0.39 is 5.82 Å². The smallest absolute Gasteiger partial charge is 0.231 e. The van der Waals surface area contributed by atoms with Gasteiger partial charge in [-0.3, -0.25) is 0 Å². The van der Waals surface area contributed by atoms with Crippen LogP contribution in [-0.4, -0.2) is 9.97 Å². The number of rotatable bonds is 2. The second-order valence-corrected chi connectivity index (χ2v) is 4.48. The Morgan fingerprint density at radius 2 is 1.90 bits per heavy atom. The van der Waals surface area contributed by atoms with Gasteiger partial charge in [-0.2, -0.15) is 10.2 Å². The molecule has 1 heterocycles. The molecule has 0 radical (unpaired) electrons. The van der Waals surface area contributed by atoms with Gasteiger partial charge < -0.3 is 4.74 Å². The van der Waals surface area contributed by atoms with Gasteiger partial charge in [0.1, 0.15) is 23.2 Å². The highest BCUT2D eigenvalue weighted by molar-refractivity contribution is 6.28. The van der Waals surface area contributed by atoms with Crippen LogP contribution < -0.4 is 4.74 Å². The van der Waals surface area contributed by atoms with Gasteiger partial charge in [-0.15, -0.1) is 0 Å². The molecule has 0 saturated heterocycles. The summed E-state index contributed by atoms with van der Waals surface area (Å²) in [5.74, 6) is -0.399. The maximum Gasteiger partial charge on any atom is 0.231 e. The molecule has 0 aliphatic rings. The van der Waals surface area contributed by atoms with Crippen molar-refractivity contribution in [3.8, 4) is 17.7 Å². The minimum atomic E-state index is -0.653. The highest BCUT2D eigenvalue weighted by Crippen LogP contribution is 2.30. The molecule has 3 rings (SSSR count). The van der Waals surface area contributed by atoms with Crippen LogP contribution in [0.25, 0.3) is 10.9 Å². The lowest BCUT2D eigenvalue weighted by Crippen LogP contribution is -1.96. The van der Waals surface area contributed by atoms with E-state index >= 15 is 0 Å². The van der Waals surface area contributed by atoms with Gasteiger partial charge in [0.05, 0.1) is 10.9 Å². The molecule has 0 amide bonds. The third-order valence-corrected chi connectivity index (χ3v) is 3.00. The van der Waals surface area contributed by atoms with Crippen LogP contribution in [0, 0.1) is 17.1 Å². The molecular formula is C15H7ClFN3O. The van der Waals surface area contributed by atoms with Gasteiger partial charge in [-0.1, -0.05) is 18.2 Å². The van der Waals surface area contributed by atoms with Crippen LogP contribution in [0.4, 0.5) is 4.39 Å². The van der Waals surface area contributed by atoms with E-state index in [0.717, 1.165) is 0 Å². The van der Waals surface area contributed by atoms with Gasteiger partial charge in [-0.25, -0.2) is 9.37 Å². The average Bonchev–Trinajstić information content (AvgIpc) is 2.47. The maximum absolute atomic E-state index is 13.6. The number of fused-ring (bicyclic) bond motifs is 1. The minimum Gasteiger partial charge on any atom is -0.437 e. The summed E-state index contributed by atoms with van der Waals surface area (Å²) in [6.45, 7) is 0. The number of halogens is 2. The second-order valence-electron chi connectivity index (χ2n) is 4.14. The first-order valence-corrected chi connectivity index (χ1v) is 6.35. The van der Waals surface area contributed by atoms with Crippen molar-refractivity contribution in [3.05, 3.63) is 59.1 Å². The van der Waals surface area contributed by atoms with E-state index in [0.29, 0.717) is 10.9 Å². The van der Waals surface area contributed by atoms with Gasteiger partial charge in [0.15, 0.2) is 0 Å². The zero-order valence-corrected chi connectivity index (χ0v) is 11.3. The molecule has 0 atom stereocenters. The highest BCUT2D eigenvalue weighted by atomic mass is 35.5. The van der Waals surface area contributed by atoms with Gasteiger partial charge in [-0.05, 0) is 35.9 Å². The molecule has 102 valence electrons. The van der Waals surface area contributed by atoms with E-state index in [9.17, 15) is 4.39 Å². The zero-order valence-electron chi connectivity index (χ0n) is 10.5. The third-order valence-electron chi connectivity index (χ3n) is 2.83. The van der Waals surface area contributed by atoms with Crippen molar-refractivity contribution in [3.63, 3.8) is 0 Å². The molecule has 0 unspecified atom stereocenters. The van der Waals surface area contributed by atoms with E-state index in [1.165, 1.54) is 18.2 Å². The molecule has 0 N–H and O–H groups in total. The average molecular weight is 300 g/mol. The molecule has 0 fully saturated rings. The molecule has 0 spiro atoms. The third kappa shape index (κ3) is 2.49. The normalized spacial score (nSPS) is 10.3. The molecule has 3 aromatic rings. The number of aromatic nitrogens is 2. The number of hydrogen-bond donors (Lipinski definition) is 0. The lowest BCUT2D eigenvalue weighted by atomic mass is 10.2. The van der Waals surface area contributed by atoms with Crippen LogP contribution >= 0.6 is 11.6 Å². The predicted molar refractivity (Wildman–Crippen MR) is 75.7 cm³/mol. The van der Waals surface area contributed by atoms with Gasteiger partial charge in [0.2, 0.25) is 11.2 Å². The standard InChI is InChI=1S/C15H7ClFN3O/c16-15-19-12-6-2-1-4-9(12)14(20-15)21-13-7-3-5-11(17)10(13)8-18/h1-7H. The number of benzene rings is 2. The number of ether oxygens (including phenoxy) is 1. The number of hydrogen-bond acceptors (Lipinski definition) is 4. The van der Waals surface area contributed by atoms with Crippen molar-refractivity contribution < 1.29 is 9.13 Å². The summed E-state index contributed by atoms with van der Waals surface area (Å²) < 4.78 is 19.2. The predicted octanol–water partition coefficient (Wildman–Crippen LogP) is 4.09. The monoisotopic (exact) mass is 299 g/mol. The molecule has 21 heavy (non-hydrogen) atoms. The van der Waals surface area contributed by atoms with Gasteiger partial charge in [0, 0.05) is 0 Å². The van der Waals surface area contributed by atoms with Crippen LogP contribution in [-0.2, 0) is 0 Å². The van der Waals surface area contributed by atoms with Crippen LogP contribution in [0.2, 0.25) is 5.28 Å². The minimum absolute atomic E-state index is 0.0126. The first-order chi connectivity index (χ1) is 10.2. The summed E-state index contributed by atoms with van der Waals surface area (Å²) >= 11 is 5.85. The summed E-state index contributed by atoms with van der Waals surface area (Å²) in [5.41, 5.74) is 0.415. The van der Waals surface area contributed by atoms with E-state index in [1.807, 2.05) is 0 Å². The Labute approximate surface area is 124 Å². The summed E-state index contributed by atoms with van der Waals surface area (Å²) in [5, 5.41) is 9.65. The fourth-order valence-corrected chi connectivity index (χ4v) is 2.07. The Hall–Kier alpha value is -2.71. The SMILES string of the molecule is N#Cc1c(F)cccc1Oc1nc(Cl)nc2ccccc12. The maximum atomic E-state index is 13.6. The molecule has 1 aromatic heterocycles. The quantitative estimate of drug-likeness (QED) is 0.669. The Morgan fingerprint density at radius 3 is 2.71 bits per heavy atom. The van der Waals surface area contributed by atoms with E-state index in [2.05, 4.69) is 9.97 Å². The molecule has 0 aliphatic heterocycles. The second kappa shape index (κ2) is 5.35. The molecule has 4 nitrogen and oxygen atoms in total. The summed E-state index contributed by atoms with van der Waals surface area (Å²) in [6.07, 6.45) is 0. The topological polar surface area (TPSA) is 58.8 Å². The fraction of sp³-hybridized carbons (Fsp3) is 0. The Balaban J connectivity index is 2.15. The van der Waals surface area contributed by atoms with Crippen molar-refractivity contribution in [2.75, 3.05) is 0 Å². The Bertz CT molecular complexity index is 876. The van der Waals surface area contributed by atoms with Crippen LogP contribution in [0.5, 0.6) is 11.6 Å². The molecule has 0 aliphatic carbocycles. The first kappa shape index (κ1) is 13.3. The van der Waals surface area contributed by atoms with Crippen molar-refractivity contribution in [2.24, 2.45) is 0 Å². The lowest BCUT2D eigenvalue weighted by molar-refractivity contribution is 0.461. The molecule has 6 heteroatoms. The van der Waals surface area contributed by atoms with Gasteiger partial charge >= 0.3 is 0 Å². The summed E-state index contributed by atoms with van der Waals surface area (Å²) in [6, 6.07) is 13.0. The van der Waals surface area contributed by atoms with Crippen LogP contribution in [0.15, 0.2) is 42.5 Å². The first-order valence-electron chi connectivity index (χ1n) is 5.98. The fourth-order valence-electron chi connectivity index (χ4n) is 1.90. The van der Waals surface area contributed by atoms with E-state index in [-0.39, 0.29) is 22.5 Å². The van der Waals surface area contributed by atoms with Gasteiger partial charge in [0.25, 0.3) is 0 Å². The van der Waals surface area contributed by atoms with Crippen LogP contribution in [0.1, 0.15) is 5.56 Å². The molecule has 0 bridgehead atoms. The Kier molecular flexibility index (Phi) is 3.38. The summed E-state index contributed by atoms with van der Waals surface area (Å²) in [4.78, 5) is 8.08. The number of nitrogens with zero attached hydrogens (tertiary/aromatic N) is 3. The molecule has 2 aromatic carbocycles. The van der Waals surface area contributed by atoms with Crippen molar-refractivity contribution in [1.29, 1.82) is 5.26 Å². The number of para-hydroxylation sites is 1. The highest BCUT2D eigenvalue weighted by Gasteiger charge is 2.13. The molecular weight excluding hydrogens is 293 g/mol. The van der Waals surface area contributed by atoms with E-state index in [1.54, 1.807) is 30.3 Å².